The van der Waals surface area contributed by atoms with E-state index in [9.17, 15) is 4.79 Å². The molecule has 2 heterocycles. The van der Waals surface area contributed by atoms with Gasteiger partial charge < -0.3 is 14.6 Å². The summed E-state index contributed by atoms with van der Waals surface area (Å²) in [6.45, 7) is 7.58. The van der Waals surface area contributed by atoms with E-state index in [0.29, 0.717) is 18.3 Å². The molecular weight excluding hydrogens is 328 g/mol. The van der Waals surface area contributed by atoms with Gasteiger partial charge in [0.15, 0.2) is 0 Å². The van der Waals surface area contributed by atoms with Gasteiger partial charge in [-0.15, -0.1) is 0 Å². The molecule has 0 spiro atoms. The zero-order valence-corrected chi connectivity index (χ0v) is 16.3. The standard InChI is InChI=1S/C22H32O4/c1-15(2)6-4-12-22(3)18-7-5-13-25-21(18)17-14-16(9-11-20(23)24)8-10-19(17)26-22/h8,10,14-15,18,21H,4-7,9,11-13H2,1-3H3,(H,23,24)/t18-,21+,22-/m1/s1. The minimum Gasteiger partial charge on any atom is -0.487 e. The highest BCUT2D eigenvalue weighted by Crippen LogP contribution is 2.51. The number of aliphatic carboxylic acids is 1. The van der Waals surface area contributed by atoms with Gasteiger partial charge in [-0.3, -0.25) is 4.79 Å². The number of carboxylic acid groups (broad SMARTS) is 1. The molecule has 0 saturated carbocycles. The van der Waals surface area contributed by atoms with Crippen molar-refractivity contribution >= 4 is 5.97 Å². The normalized spacial score (nSPS) is 27.5. The molecule has 0 amide bonds. The van der Waals surface area contributed by atoms with Crippen molar-refractivity contribution in [2.45, 2.75) is 77.4 Å². The van der Waals surface area contributed by atoms with E-state index in [0.717, 1.165) is 42.7 Å². The third-order valence-electron chi connectivity index (χ3n) is 5.91. The van der Waals surface area contributed by atoms with Crippen molar-refractivity contribution in [3.05, 3.63) is 29.3 Å². The van der Waals surface area contributed by atoms with Gasteiger partial charge in [-0.1, -0.05) is 26.3 Å². The molecular formula is C22H32O4. The fourth-order valence-electron chi connectivity index (χ4n) is 4.46. The van der Waals surface area contributed by atoms with Crippen molar-refractivity contribution < 1.29 is 19.4 Å². The first-order valence-corrected chi connectivity index (χ1v) is 10.0. The van der Waals surface area contributed by atoms with Crippen LogP contribution in [0.4, 0.5) is 0 Å². The number of benzene rings is 1. The number of hydrogen-bond donors (Lipinski definition) is 1. The van der Waals surface area contributed by atoms with Gasteiger partial charge in [0.2, 0.25) is 0 Å². The predicted octanol–water partition coefficient (Wildman–Crippen LogP) is 5.15. The van der Waals surface area contributed by atoms with E-state index in [-0.39, 0.29) is 18.1 Å². The van der Waals surface area contributed by atoms with Crippen molar-refractivity contribution in [1.29, 1.82) is 0 Å². The Kier molecular flexibility index (Phi) is 5.91. The quantitative estimate of drug-likeness (QED) is 0.731. The van der Waals surface area contributed by atoms with E-state index >= 15 is 0 Å². The van der Waals surface area contributed by atoms with Crippen molar-refractivity contribution in [1.82, 2.24) is 0 Å². The van der Waals surface area contributed by atoms with E-state index in [1.807, 2.05) is 12.1 Å². The third kappa shape index (κ3) is 4.22. The molecule has 26 heavy (non-hydrogen) atoms. The first-order valence-electron chi connectivity index (χ1n) is 10.0. The van der Waals surface area contributed by atoms with Crippen LogP contribution >= 0.6 is 0 Å². The molecule has 1 saturated heterocycles. The van der Waals surface area contributed by atoms with Gasteiger partial charge in [-0.05, 0) is 62.6 Å². The van der Waals surface area contributed by atoms with E-state index < -0.39 is 5.97 Å². The monoisotopic (exact) mass is 360 g/mol. The van der Waals surface area contributed by atoms with E-state index in [1.165, 1.54) is 12.8 Å². The lowest BCUT2D eigenvalue weighted by atomic mass is 9.72. The van der Waals surface area contributed by atoms with Crippen molar-refractivity contribution in [2.24, 2.45) is 11.8 Å². The molecule has 0 aliphatic carbocycles. The Balaban J connectivity index is 1.83. The minimum atomic E-state index is -0.761. The Morgan fingerprint density at radius 3 is 2.92 bits per heavy atom. The highest BCUT2D eigenvalue weighted by molar-refractivity contribution is 5.67. The van der Waals surface area contributed by atoms with Gasteiger partial charge in [0.05, 0.1) is 6.10 Å². The van der Waals surface area contributed by atoms with E-state index in [1.54, 1.807) is 0 Å². The molecule has 4 heteroatoms. The molecule has 4 nitrogen and oxygen atoms in total. The van der Waals surface area contributed by atoms with Crippen LogP contribution in [0.15, 0.2) is 18.2 Å². The zero-order valence-electron chi connectivity index (χ0n) is 16.3. The van der Waals surface area contributed by atoms with Gasteiger partial charge >= 0.3 is 5.97 Å². The summed E-state index contributed by atoms with van der Waals surface area (Å²) in [7, 11) is 0. The Labute approximate surface area is 156 Å². The summed E-state index contributed by atoms with van der Waals surface area (Å²) in [5, 5.41) is 8.94. The van der Waals surface area contributed by atoms with Crippen LogP contribution in [0.25, 0.3) is 0 Å². The second-order valence-electron chi connectivity index (χ2n) is 8.51. The van der Waals surface area contributed by atoms with E-state index in [4.69, 9.17) is 14.6 Å². The average molecular weight is 360 g/mol. The molecule has 3 atom stereocenters. The number of rotatable bonds is 7. The molecule has 144 valence electrons. The summed E-state index contributed by atoms with van der Waals surface area (Å²) >= 11 is 0. The predicted molar refractivity (Wildman–Crippen MR) is 102 cm³/mol. The molecule has 1 aromatic carbocycles. The Morgan fingerprint density at radius 1 is 1.38 bits per heavy atom. The third-order valence-corrected chi connectivity index (χ3v) is 5.91. The fourth-order valence-corrected chi connectivity index (χ4v) is 4.46. The highest BCUT2D eigenvalue weighted by Gasteiger charge is 2.48. The number of carboxylic acids is 1. The second kappa shape index (κ2) is 7.99. The second-order valence-corrected chi connectivity index (χ2v) is 8.51. The average Bonchev–Trinajstić information content (AvgIpc) is 2.60. The minimum absolute atomic E-state index is 0.0707. The lowest BCUT2D eigenvalue weighted by Crippen LogP contribution is -2.49. The van der Waals surface area contributed by atoms with Crippen LogP contribution in [0.5, 0.6) is 5.75 Å². The molecule has 0 bridgehead atoms. The summed E-state index contributed by atoms with van der Waals surface area (Å²) in [4.78, 5) is 10.9. The first kappa shape index (κ1) is 19.2. The maximum absolute atomic E-state index is 10.9. The molecule has 2 aliphatic heterocycles. The maximum atomic E-state index is 10.9. The summed E-state index contributed by atoms with van der Waals surface area (Å²) in [6.07, 6.45) is 6.42. The summed E-state index contributed by atoms with van der Waals surface area (Å²) in [5.74, 6) is 1.23. The molecule has 0 unspecified atom stereocenters. The van der Waals surface area contributed by atoms with Gasteiger partial charge in [-0.25, -0.2) is 0 Å². The number of aryl methyl sites for hydroxylation is 1. The maximum Gasteiger partial charge on any atom is 0.303 e. The topological polar surface area (TPSA) is 55.8 Å². The van der Waals surface area contributed by atoms with Crippen LogP contribution in [-0.2, 0) is 16.0 Å². The number of ether oxygens (including phenoxy) is 2. The molecule has 1 aromatic rings. The lowest BCUT2D eigenvalue weighted by molar-refractivity contribution is -0.136. The van der Waals surface area contributed by atoms with Crippen LogP contribution in [-0.4, -0.2) is 23.3 Å². The molecule has 1 fully saturated rings. The van der Waals surface area contributed by atoms with Gasteiger partial charge in [0, 0.05) is 24.5 Å². The number of hydrogen-bond acceptors (Lipinski definition) is 3. The molecule has 0 aromatic heterocycles. The van der Waals surface area contributed by atoms with Crippen molar-refractivity contribution in [2.75, 3.05) is 6.61 Å². The molecule has 3 rings (SSSR count). The van der Waals surface area contributed by atoms with Gasteiger partial charge in [-0.2, -0.15) is 0 Å². The van der Waals surface area contributed by atoms with Crippen LogP contribution in [0.3, 0.4) is 0 Å². The zero-order chi connectivity index (χ0) is 18.7. The summed E-state index contributed by atoms with van der Waals surface area (Å²) in [5.41, 5.74) is 1.97. The lowest BCUT2D eigenvalue weighted by Gasteiger charge is -2.49. The number of fused-ring (bicyclic) bond motifs is 3. The first-order chi connectivity index (χ1) is 12.4. The fraction of sp³-hybridized carbons (Fsp3) is 0.682. The largest absolute Gasteiger partial charge is 0.487 e. The van der Waals surface area contributed by atoms with E-state index in [2.05, 4.69) is 26.8 Å². The summed E-state index contributed by atoms with van der Waals surface area (Å²) in [6, 6.07) is 6.12. The van der Waals surface area contributed by atoms with Gasteiger partial charge in [0.1, 0.15) is 11.4 Å². The highest BCUT2D eigenvalue weighted by atomic mass is 16.5. The van der Waals surface area contributed by atoms with Crippen molar-refractivity contribution in [3.8, 4) is 5.75 Å². The van der Waals surface area contributed by atoms with Gasteiger partial charge in [0.25, 0.3) is 0 Å². The SMILES string of the molecule is CC(C)CCC[C@@]1(C)Oc2ccc(CCC(=O)O)cc2[C@@H]2OCCC[C@H]21. The Morgan fingerprint density at radius 2 is 2.19 bits per heavy atom. The molecule has 1 N–H and O–H groups in total. The van der Waals surface area contributed by atoms with Crippen LogP contribution in [0.2, 0.25) is 0 Å². The van der Waals surface area contributed by atoms with Crippen LogP contribution in [0.1, 0.15) is 76.5 Å². The Hall–Kier alpha value is -1.55. The molecule has 0 radical (unpaired) electrons. The van der Waals surface area contributed by atoms with Crippen LogP contribution in [0, 0.1) is 11.8 Å². The van der Waals surface area contributed by atoms with Crippen molar-refractivity contribution in [3.63, 3.8) is 0 Å². The Bertz CT molecular complexity index is 639. The summed E-state index contributed by atoms with van der Waals surface area (Å²) < 4.78 is 12.8. The molecule has 2 aliphatic rings. The number of carbonyl (C=O) groups is 1. The smallest absolute Gasteiger partial charge is 0.303 e. The van der Waals surface area contributed by atoms with Crippen LogP contribution < -0.4 is 4.74 Å².